The van der Waals surface area contributed by atoms with E-state index in [4.69, 9.17) is 4.74 Å². The third-order valence-corrected chi connectivity index (χ3v) is 5.92. The van der Waals surface area contributed by atoms with Crippen LogP contribution in [0.1, 0.15) is 32.6 Å². The molecule has 1 heterocycles. The predicted molar refractivity (Wildman–Crippen MR) is 79.7 cm³/mol. The molecular weight excluding hydrogens is 330 g/mol. The lowest BCUT2D eigenvalue weighted by atomic mass is 9.78. The molecule has 1 N–H and O–H groups in total. The Morgan fingerprint density at radius 2 is 2.26 bits per heavy atom. The number of hydrogen-bond donors (Lipinski definition) is 1. The highest BCUT2D eigenvalue weighted by atomic mass is 79.9. The molecule has 0 aromatic rings. The Labute approximate surface area is 126 Å². The lowest BCUT2D eigenvalue weighted by Gasteiger charge is -2.41. The molecule has 0 radical (unpaired) electrons. The maximum atomic E-state index is 11.7. The molecule has 19 heavy (non-hydrogen) atoms. The molecule has 2 rings (SSSR count). The van der Waals surface area contributed by atoms with Crippen LogP contribution in [0.4, 0.5) is 0 Å². The van der Waals surface area contributed by atoms with Crippen LogP contribution in [0.5, 0.6) is 0 Å². The van der Waals surface area contributed by atoms with Crippen LogP contribution in [0.15, 0.2) is 10.0 Å². The normalized spacial score (nSPS) is 35.2. The molecule has 1 saturated carbocycles. The average molecular weight is 350 g/mol. The topological polar surface area (TPSA) is 49.8 Å². The lowest BCUT2D eigenvalue weighted by Crippen LogP contribution is -2.49. The molecule has 0 bridgehead atoms. The van der Waals surface area contributed by atoms with Gasteiger partial charge in [-0.25, -0.2) is 0 Å². The van der Waals surface area contributed by atoms with Crippen molar-refractivity contribution in [1.29, 1.82) is 0 Å². The Morgan fingerprint density at radius 1 is 1.63 bits per heavy atom. The summed E-state index contributed by atoms with van der Waals surface area (Å²) in [6.07, 6.45) is 4.69. The first-order valence-electron chi connectivity index (χ1n) is 6.61. The van der Waals surface area contributed by atoms with Gasteiger partial charge in [-0.15, -0.1) is 0 Å². The standard InChI is InChI=1S/C13H20BrNO3S/c1-3-18-11(16)9-4-6-13(17,7-5-9)12-15(2)8-10(14)19-12/h8-9,12,17H,3-7H2,1-2H3. The molecular formula is C13H20BrNO3S. The van der Waals surface area contributed by atoms with E-state index in [9.17, 15) is 9.90 Å². The number of carbonyl (C=O) groups excluding carboxylic acids is 1. The minimum atomic E-state index is -0.728. The zero-order valence-electron chi connectivity index (χ0n) is 11.3. The SMILES string of the molecule is CCOC(=O)C1CCC(O)(C2SC(Br)=CN2C)CC1. The summed E-state index contributed by atoms with van der Waals surface area (Å²) in [5, 5.41) is 10.9. The summed E-state index contributed by atoms with van der Waals surface area (Å²) in [6, 6.07) is 0. The number of thioether (sulfide) groups is 1. The minimum Gasteiger partial charge on any atom is -0.466 e. The number of aliphatic hydroxyl groups is 1. The van der Waals surface area contributed by atoms with Crippen molar-refractivity contribution in [2.45, 2.75) is 43.6 Å². The maximum absolute atomic E-state index is 11.7. The molecule has 0 amide bonds. The summed E-state index contributed by atoms with van der Waals surface area (Å²) in [4.78, 5) is 13.8. The van der Waals surface area contributed by atoms with E-state index in [1.54, 1.807) is 11.8 Å². The zero-order valence-corrected chi connectivity index (χ0v) is 13.7. The molecule has 0 aromatic heterocycles. The highest BCUT2D eigenvalue weighted by Crippen LogP contribution is 2.46. The molecule has 2 aliphatic rings. The number of nitrogens with zero attached hydrogens (tertiary/aromatic N) is 1. The smallest absolute Gasteiger partial charge is 0.308 e. The van der Waals surface area contributed by atoms with Crippen molar-refractivity contribution < 1.29 is 14.6 Å². The first-order valence-corrected chi connectivity index (χ1v) is 8.28. The van der Waals surface area contributed by atoms with Crippen LogP contribution >= 0.6 is 27.7 Å². The Hall–Kier alpha value is -0.200. The first-order chi connectivity index (χ1) is 8.96. The fourth-order valence-electron chi connectivity index (χ4n) is 2.80. The molecule has 108 valence electrons. The Bertz CT molecular complexity index is 380. The van der Waals surface area contributed by atoms with Crippen LogP contribution in [0.25, 0.3) is 0 Å². The Morgan fingerprint density at radius 3 is 2.74 bits per heavy atom. The van der Waals surface area contributed by atoms with Crippen LogP contribution in [-0.4, -0.2) is 40.6 Å². The Balaban J connectivity index is 1.93. The van der Waals surface area contributed by atoms with E-state index in [1.165, 1.54) is 0 Å². The monoisotopic (exact) mass is 349 g/mol. The predicted octanol–water partition coefficient (Wildman–Crippen LogP) is 2.67. The molecule has 0 spiro atoms. The molecule has 1 atom stereocenters. The minimum absolute atomic E-state index is 0.0324. The second kappa shape index (κ2) is 6.06. The molecule has 1 aliphatic heterocycles. The fraction of sp³-hybridized carbons (Fsp3) is 0.769. The number of halogens is 1. The van der Waals surface area contributed by atoms with Crippen molar-refractivity contribution in [3.05, 3.63) is 10.0 Å². The van der Waals surface area contributed by atoms with Crippen LogP contribution < -0.4 is 0 Å². The van der Waals surface area contributed by atoms with Gasteiger partial charge in [0.05, 0.1) is 21.9 Å². The third-order valence-electron chi connectivity index (χ3n) is 3.83. The third kappa shape index (κ3) is 3.28. The summed E-state index contributed by atoms with van der Waals surface area (Å²) in [5.74, 6) is -0.162. The second-order valence-corrected chi connectivity index (χ2v) is 7.70. The van der Waals surface area contributed by atoms with E-state index in [2.05, 4.69) is 15.9 Å². The molecule has 6 heteroatoms. The van der Waals surface area contributed by atoms with Gasteiger partial charge in [0.2, 0.25) is 0 Å². The molecule has 0 aromatic carbocycles. The maximum Gasteiger partial charge on any atom is 0.308 e. The van der Waals surface area contributed by atoms with E-state index in [0.29, 0.717) is 32.3 Å². The molecule has 0 saturated heterocycles. The van der Waals surface area contributed by atoms with Crippen molar-refractivity contribution in [3.63, 3.8) is 0 Å². The number of likely N-dealkylation sites (N-methyl/N-ethyl adjacent to an activating group) is 1. The number of esters is 1. The van der Waals surface area contributed by atoms with Gasteiger partial charge in [0, 0.05) is 13.2 Å². The summed E-state index contributed by atoms with van der Waals surface area (Å²) in [7, 11) is 1.97. The summed E-state index contributed by atoms with van der Waals surface area (Å²) in [5.41, 5.74) is -0.728. The van der Waals surface area contributed by atoms with Crippen LogP contribution in [0.2, 0.25) is 0 Å². The number of ether oxygens (including phenoxy) is 1. The van der Waals surface area contributed by atoms with Gasteiger partial charge < -0.3 is 14.7 Å². The van der Waals surface area contributed by atoms with Gasteiger partial charge in [-0.05, 0) is 48.5 Å². The summed E-state index contributed by atoms with van der Waals surface area (Å²) >= 11 is 5.10. The van der Waals surface area contributed by atoms with Gasteiger partial charge >= 0.3 is 5.97 Å². The zero-order chi connectivity index (χ0) is 14.0. The van der Waals surface area contributed by atoms with E-state index in [-0.39, 0.29) is 17.3 Å². The number of carbonyl (C=O) groups is 1. The second-order valence-electron chi connectivity index (χ2n) is 5.20. The van der Waals surface area contributed by atoms with E-state index < -0.39 is 5.60 Å². The van der Waals surface area contributed by atoms with Crippen LogP contribution in [0.3, 0.4) is 0 Å². The molecule has 1 unspecified atom stereocenters. The van der Waals surface area contributed by atoms with Gasteiger partial charge in [-0.2, -0.15) is 0 Å². The lowest BCUT2D eigenvalue weighted by molar-refractivity contribution is -0.151. The van der Waals surface area contributed by atoms with Crippen LogP contribution in [0, 0.1) is 5.92 Å². The van der Waals surface area contributed by atoms with Gasteiger partial charge in [0.15, 0.2) is 0 Å². The van der Waals surface area contributed by atoms with Crippen molar-refractivity contribution in [2.75, 3.05) is 13.7 Å². The summed E-state index contributed by atoms with van der Waals surface area (Å²) < 4.78 is 6.10. The fourth-order valence-corrected chi connectivity index (χ4v) is 4.77. The average Bonchev–Trinajstić information content (AvgIpc) is 2.70. The van der Waals surface area contributed by atoms with Crippen molar-refractivity contribution in [1.82, 2.24) is 4.90 Å². The van der Waals surface area contributed by atoms with Crippen molar-refractivity contribution in [2.24, 2.45) is 5.92 Å². The van der Waals surface area contributed by atoms with Gasteiger partial charge in [0.25, 0.3) is 0 Å². The highest BCUT2D eigenvalue weighted by Gasteiger charge is 2.45. The molecule has 4 nitrogen and oxygen atoms in total. The highest BCUT2D eigenvalue weighted by molar-refractivity contribution is 9.14. The van der Waals surface area contributed by atoms with E-state index in [0.717, 1.165) is 3.81 Å². The summed E-state index contributed by atoms with van der Waals surface area (Å²) in [6.45, 7) is 2.25. The van der Waals surface area contributed by atoms with Gasteiger partial charge in [0.1, 0.15) is 5.37 Å². The molecule has 1 fully saturated rings. The number of hydrogen-bond acceptors (Lipinski definition) is 5. The quantitative estimate of drug-likeness (QED) is 0.793. The van der Waals surface area contributed by atoms with E-state index in [1.807, 2.05) is 25.1 Å². The number of rotatable bonds is 3. The van der Waals surface area contributed by atoms with Crippen LogP contribution in [-0.2, 0) is 9.53 Å². The first kappa shape index (κ1) is 15.2. The molecule has 1 aliphatic carbocycles. The van der Waals surface area contributed by atoms with Crippen molar-refractivity contribution in [3.8, 4) is 0 Å². The van der Waals surface area contributed by atoms with E-state index >= 15 is 0 Å². The van der Waals surface area contributed by atoms with Gasteiger partial charge in [-0.3, -0.25) is 4.79 Å². The Kier molecular flexibility index (Phi) is 4.84. The van der Waals surface area contributed by atoms with Crippen molar-refractivity contribution >= 4 is 33.7 Å². The largest absolute Gasteiger partial charge is 0.466 e. The van der Waals surface area contributed by atoms with Gasteiger partial charge in [-0.1, -0.05) is 11.8 Å².